The summed E-state index contributed by atoms with van der Waals surface area (Å²) in [5.74, 6) is 0.958. The summed E-state index contributed by atoms with van der Waals surface area (Å²) >= 11 is 1.61. The molecule has 9 heteroatoms. The first kappa shape index (κ1) is 26.3. The van der Waals surface area contributed by atoms with Gasteiger partial charge in [0, 0.05) is 49.5 Å². The summed E-state index contributed by atoms with van der Waals surface area (Å²) < 4.78 is 0. The van der Waals surface area contributed by atoms with Crippen LogP contribution in [0.2, 0.25) is 0 Å². The third-order valence-corrected chi connectivity index (χ3v) is 8.01. The van der Waals surface area contributed by atoms with Crippen molar-refractivity contribution in [2.24, 2.45) is 21.6 Å². The summed E-state index contributed by atoms with van der Waals surface area (Å²) in [4.78, 5) is 30.6. The lowest BCUT2D eigenvalue weighted by Gasteiger charge is -2.33. The Balaban J connectivity index is 1.69. The van der Waals surface area contributed by atoms with Crippen molar-refractivity contribution in [3.63, 3.8) is 0 Å². The number of anilines is 1. The van der Waals surface area contributed by atoms with Gasteiger partial charge in [0.1, 0.15) is 5.84 Å². The molecule has 0 aliphatic carbocycles. The van der Waals surface area contributed by atoms with Gasteiger partial charge in [0.15, 0.2) is 0 Å². The van der Waals surface area contributed by atoms with Crippen molar-refractivity contribution in [2.75, 3.05) is 64.8 Å². The topological polar surface area (TPSA) is 89.6 Å². The standard InChI is InChI=1S/C27H37N7OS/c1-19(33-14-10-20(16-28)18-33)24-25(35)21(17-30-3)26(31-11-7-13-32(4)15-12-29-2)34-22-8-5-6-9-23(22)36-27(24)34/h5-6,8-9,17,20,29H,1,3,7,10-16,18,28H2,2,4H3/b21-17-,31-26?. The first-order valence-electron chi connectivity index (χ1n) is 12.5. The Kier molecular flexibility index (Phi) is 8.79. The molecule has 1 aromatic rings. The molecule has 4 rings (SSSR count). The number of nitrogens with one attached hydrogen (secondary N) is 1. The van der Waals surface area contributed by atoms with Crippen molar-refractivity contribution in [2.45, 2.75) is 17.7 Å². The van der Waals surface area contributed by atoms with Crippen molar-refractivity contribution in [1.29, 1.82) is 0 Å². The number of likely N-dealkylation sites (N-methyl/N-ethyl adjacent to an activating group) is 2. The molecule has 8 nitrogen and oxygen atoms in total. The second kappa shape index (κ2) is 12.0. The van der Waals surface area contributed by atoms with E-state index in [-0.39, 0.29) is 5.78 Å². The predicted octanol–water partition coefficient (Wildman–Crippen LogP) is 2.71. The number of hydrogen-bond acceptors (Lipinski definition) is 8. The van der Waals surface area contributed by atoms with Gasteiger partial charge in [-0.25, -0.2) is 0 Å². The van der Waals surface area contributed by atoms with Crippen molar-refractivity contribution in [1.82, 2.24) is 15.1 Å². The van der Waals surface area contributed by atoms with E-state index < -0.39 is 0 Å². The number of nitrogens with two attached hydrogens (primary N) is 1. The molecule has 1 fully saturated rings. The molecule has 0 amide bonds. The van der Waals surface area contributed by atoms with Gasteiger partial charge in [0.05, 0.1) is 21.9 Å². The van der Waals surface area contributed by atoms with E-state index in [0.717, 1.165) is 66.9 Å². The van der Waals surface area contributed by atoms with Crippen LogP contribution in [0.15, 0.2) is 73.8 Å². The zero-order valence-electron chi connectivity index (χ0n) is 21.4. The lowest BCUT2D eigenvalue weighted by Crippen LogP contribution is -2.40. The molecule has 192 valence electrons. The maximum absolute atomic E-state index is 14.0. The van der Waals surface area contributed by atoms with Gasteiger partial charge >= 0.3 is 0 Å². The Morgan fingerprint density at radius 3 is 2.89 bits per heavy atom. The molecular weight excluding hydrogens is 470 g/mol. The largest absolute Gasteiger partial charge is 0.371 e. The minimum Gasteiger partial charge on any atom is -0.371 e. The van der Waals surface area contributed by atoms with Gasteiger partial charge in [-0.1, -0.05) is 30.5 Å². The number of likely N-dealkylation sites (tertiary alicyclic amines) is 1. The van der Waals surface area contributed by atoms with Crippen molar-refractivity contribution in [3.8, 4) is 0 Å². The number of ketones is 1. The molecule has 1 atom stereocenters. The lowest BCUT2D eigenvalue weighted by atomic mass is 9.96. The number of hydrogen-bond donors (Lipinski definition) is 2. The molecule has 3 N–H and O–H groups in total. The minimum atomic E-state index is -0.0972. The van der Waals surface area contributed by atoms with Gasteiger partial charge in [-0.15, -0.1) is 0 Å². The van der Waals surface area contributed by atoms with Gasteiger partial charge < -0.3 is 20.9 Å². The highest BCUT2D eigenvalue weighted by atomic mass is 32.2. The molecule has 1 saturated heterocycles. The summed E-state index contributed by atoms with van der Waals surface area (Å²) in [5.41, 5.74) is 8.78. The normalized spacial score (nSPS) is 21.7. The average Bonchev–Trinajstić information content (AvgIpc) is 3.51. The molecule has 0 bridgehead atoms. The Hall–Kier alpha value is -2.72. The third-order valence-electron chi connectivity index (χ3n) is 6.87. The molecule has 3 aliphatic rings. The van der Waals surface area contributed by atoms with E-state index in [1.54, 1.807) is 18.0 Å². The summed E-state index contributed by atoms with van der Waals surface area (Å²) in [6.07, 6.45) is 3.44. The first-order chi connectivity index (χ1) is 17.5. The van der Waals surface area contributed by atoms with Crippen LogP contribution < -0.4 is 16.0 Å². The molecule has 3 heterocycles. The van der Waals surface area contributed by atoms with E-state index in [9.17, 15) is 4.79 Å². The van der Waals surface area contributed by atoms with E-state index in [1.165, 1.54) is 0 Å². The molecule has 0 radical (unpaired) electrons. The summed E-state index contributed by atoms with van der Waals surface area (Å²) in [7, 11) is 4.07. The Bertz CT molecular complexity index is 1110. The Morgan fingerprint density at radius 1 is 1.36 bits per heavy atom. The highest BCUT2D eigenvalue weighted by molar-refractivity contribution is 8.03. The number of carbonyl (C=O) groups is 1. The Labute approximate surface area is 218 Å². The summed E-state index contributed by atoms with van der Waals surface area (Å²) in [5, 5.41) is 4.05. The number of rotatable bonds is 11. The monoisotopic (exact) mass is 507 g/mol. The fraction of sp³-hybridized carbons (Fsp3) is 0.444. The minimum absolute atomic E-state index is 0.0972. The zero-order valence-corrected chi connectivity index (χ0v) is 22.2. The molecule has 1 aromatic carbocycles. The molecule has 0 spiro atoms. The van der Waals surface area contributed by atoms with Crippen LogP contribution in [0, 0.1) is 5.92 Å². The van der Waals surface area contributed by atoms with Crippen LogP contribution in [0.3, 0.4) is 0 Å². The number of benzene rings is 1. The van der Waals surface area contributed by atoms with Crippen LogP contribution in [0.1, 0.15) is 12.8 Å². The van der Waals surface area contributed by atoms with Crippen LogP contribution in [0.25, 0.3) is 0 Å². The number of carbonyl (C=O) groups excluding carboxylic acids is 1. The highest BCUT2D eigenvalue weighted by Gasteiger charge is 2.43. The number of aliphatic imine (C=N–C) groups is 2. The third kappa shape index (κ3) is 5.34. The zero-order chi connectivity index (χ0) is 25.7. The number of nitrogens with zero attached hydrogens (tertiary/aromatic N) is 5. The first-order valence-corrected chi connectivity index (χ1v) is 13.4. The van der Waals surface area contributed by atoms with Gasteiger partial charge in [0.25, 0.3) is 0 Å². The fourth-order valence-electron chi connectivity index (χ4n) is 4.80. The van der Waals surface area contributed by atoms with Crippen LogP contribution in [0.4, 0.5) is 5.69 Å². The van der Waals surface area contributed by atoms with Crippen molar-refractivity contribution >= 4 is 35.8 Å². The molecular formula is C27H37N7OS. The van der Waals surface area contributed by atoms with Gasteiger partial charge in [-0.2, -0.15) is 0 Å². The number of allylic oxidation sites excluding steroid dienone is 1. The SMILES string of the molecule is C=N/C=C1/C(=O)C(C(=C)N2CCC(CN)C2)=C2Sc3ccccc3N2C1=NCCCN(C)CCNC. The predicted molar refractivity (Wildman–Crippen MR) is 151 cm³/mol. The molecule has 0 aromatic heterocycles. The van der Waals surface area contributed by atoms with Crippen LogP contribution in [-0.2, 0) is 4.79 Å². The van der Waals surface area contributed by atoms with E-state index in [2.05, 4.69) is 57.5 Å². The number of para-hydroxylation sites is 1. The molecule has 1 unspecified atom stereocenters. The highest BCUT2D eigenvalue weighted by Crippen LogP contribution is 2.51. The number of Topliss-reactive ketones (excluding diaryl/α,β-unsaturated/α-hetero) is 1. The quantitative estimate of drug-likeness (QED) is 0.270. The van der Waals surface area contributed by atoms with Gasteiger partial charge in [-0.05, 0) is 64.8 Å². The van der Waals surface area contributed by atoms with E-state index in [0.29, 0.717) is 36.0 Å². The second-order valence-corrected chi connectivity index (χ2v) is 10.4. The average molecular weight is 508 g/mol. The number of thioether (sulfide) groups is 1. The molecule has 36 heavy (non-hydrogen) atoms. The second-order valence-electron chi connectivity index (χ2n) is 9.39. The van der Waals surface area contributed by atoms with Gasteiger partial charge in [0.2, 0.25) is 5.78 Å². The van der Waals surface area contributed by atoms with Gasteiger partial charge in [-0.3, -0.25) is 19.7 Å². The van der Waals surface area contributed by atoms with E-state index >= 15 is 0 Å². The summed E-state index contributed by atoms with van der Waals surface area (Å²) in [6.45, 7) is 13.8. The maximum atomic E-state index is 14.0. The van der Waals surface area contributed by atoms with Crippen LogP contribution in [-0.4, -0.2) is 88.0 Å². The Morgan fingerprint density at radius 2 is 2.17 bits per heavy atom. The smallest absolute Gasteiger partial charge is 0.203 e. The van der Waals surface area contributed by atoms with E-state index in [4.69, 9.17) is 10.7 Å². The van der Waals surface area contributed by atoms with Crippen molar-refractivity contribution < 1.29 is 4.79 Å². The van der Waals surface area contributed by atoms with Crippen LogP contribution in [0.5, 0.6) is 0 Å². The van der Waals surface area contributed by atoms with Crippen molar-refractivity contribution in [3.05, 3.63) is 58.9 Å². The van der Waals surface area contributed by atoms with E-state index in [1.807, 2.05) is 19.2 Å². The lowest BCUT2D eigenvalue weighted by molar-refractivity contribution is -0.111. The number of amidine groups is 1. The summed E-state index contributed by atoms with van der Waals surface area (Å²) in [6, 6.07) is 8.20. The van der Waals surface area contributed by atoms with Crippen LogP contribution >= 0.6 is 11.8 Å². The molecule has 3 aliphatic heterocycles. The number of fused-ring (bicyclic) bond motifs is 3. The molecule has 0 saturated carbocycles. The maximum Gasteiger partial charge on any atom is 0.203 e. The fourth-order valence-corrected chi connectivity index (χ4v) is 6.01.